The Hall–Kier alpha value is -1.58. The molecule has 1 aromatic heterocycles. The van der Waals surface area contributed by atoms with Crippen LogP contribution in [0.1, 0.15) is 12.6 Å². The molecule has 0 radical (unpaired) electrons. The molecule has 6 heteroatoms. The van der Waals surface area contributed by atoms with Crippen LogP contribution in [0.5, 0.6) is 0 Å². The molecular formula is C12H15N3O2S. The second-order valence-electron chi connectivity index (χ2n) is 4.30. The maximum Gasteiger partial charge on any atom is 0.236 e. The standard InChI is InChI=1S/C12H15N3O2S/c1-10-8-15(18(16,17)9-10)12-6-2-4-11(14-12)5-3-7-13/h2,4,6,10H,7-9,13H2,1H3. The van der Waals surface area contributed by atoms with Crippen LogP contribution < -0.4 is 10.0 Å². The zero-order chi connectivity index (χ0) is 13.2. The van der Waals surface area contributed by atoms with E-state index in [1.807, 2.05) is 6.92 Å². The van der Waals surface area contributed by atoms with E-state index in [9.17, 15) is 8.42 Å². The largest absolute Gasteiger partial charge is 0.320 e. The normalized spacial score (nSPS) is 21.4. The molecule has 1 atom stereocenters. The van der Waals surface area contributed by atoms with Crippen molar-refractivity contribution in [1.82, 2.24) is 4.98 Å². The van der Waals surface area contributed by atoms with E-state index >= 15 is 0 Å². The van der Waals surface area contributed by atoms with Crippen LogP contribution in [0.25, 0.3) is 0 Å². The first-order chi connectivity index (χ1) is 8.53. The minimum Gasteiger partial charge on any atom is -0.320 e. The van der Waals surface area contributed by atoms with E-state index in [-0.39, 0.29) is 18.2 Å². The number of hydrogen-bond donors (Lipinski definition) is 1. The fourth-order valence-corrected chi connectivity index (χ4v) is 3.78. The second-order valence-corrected chi connectivity index (χ2v) is 6.24. The summed E-state index contributed by atoms with van der Waals surface area (Å²) in [5, 5.41) is 0. The van der Waals surface area contributed by atoms with Crippen LogP contribution in [0.3, 0.4) is 0 Å². The third-order valence-electron chi connectivity index (χ3n) is 2.62. The lowest BCUT2D eigenvalue weighted by atomic mass is 10.2. The smallest absolute Gasteiger partial charge is 0.236 e. The van der Waals surface area contributed by atoms with Gasteiger partial charge in [0.2, 0.25) is 10.0 Å². The van der Waals surface area contributed by atoms with Crippen LogP contribution in [0, 0.1) is 17.8 Å². The topological polar surface area (TPSA) is 76.3 Å². The second kappa shape index (κ2) is 4.96. The van der Waals surface area contributed by atoms with Crippen LogP contribution in [-0.2, 0) is 10.0 Å². The van der Waals surface area contributed by atoms with Crippen LogP contribution in [0.4, 0.5) is 5.82 Å². The summed E-state index contributed by atoms with van der Waals surface area (Å²) in [5.74, 6) is 6.23. The molecule has 1 aliphatic heterocycles. The lowest BCUT2D eigenvalue weighted by molar-refractivity contribution is 0.597. The van der Waals surface area contributed by atoms with Crippen molar-refractivity contribution >= 4 is 15.8 Å². The van der Waals surface area contributed by atoms with E-state index < -0.39 is 10.0 Å². The predicted molar refractivity (Wildman–Crippen MR) is 70.5 cm³/mol. The third kappa shape index (κ3) is 2.63. The summed E-state index contributed by atoms with van der Waals surface area (Å²) in [5.41, 5.74) is 5.83. The number of nitrogens with two attached hydrogens (primary N) is 1. The Morgan fingerprint density at radius 3 is 2.94 bits per heavy atom. The molecule has 0 amide bonds. The van der Waals surface area contributed by atoms with Crippen LogP contribution >= 0.6 is 0 Å². The number of nitrogens with zero attached hydrogens (tertiary/aromatic N) is 2. The molecule has 0 aliphatic carbocycles. The first-order valence-corrected chi connectivity index (χ1v) is 7.30. The first-order valence-electron chi connectivity index (χ1n) is 5.69. The molecule has 1 unspecified atom stereocenters. The molecule has 2 N–H and O–H groups in total. The van der Waals surface area contributed by atoms with Gasteiger partial charge in [0.25, 0.3) is 0 Å². The molecule has 18 heavy (non-hydrogen) atoms. The number of hydrogen-bond acceptors (Lipinski definition) is 4. The highest BCUT2D eigenvalue weighted by atomic mass is 32.2. The van der Waals surface area contributed by atoms with Gasteiger partial charge < -0.3 is 5.73 Å². The van der Waals surface area contributed by atoms with E-state index in [1.165, 1.54) is 4.31 Å². The highest BCUT2D eigenvalue weighted by molar-refractivity contribution is 7.93. The van der Waals surface area contributed by atoms with Crippen LogP contribution in [-0.4, -0.2) is 32.2 Å². The molecule has 0 bridgehead atoms. The predicted octanol–water partition coefficient (Wildman–Crippen LogP) is 0.178. The molecule has 1 saturated heterocycles. The van der Waals surface area contributed by atoms with Crippen molar-refractivity contribution in [1.29, 1.82) is 0 Å². The van der Waals surface area contributed by atoms with E-state index in [0.717, 1.165) is 0 Å². The van der Waals surface area contributed by atoms with Gasteiger partial charge in [-0.3, -0.25) is 4.31 Å². The highest BCUT2D eigenvalue weighted by Gasteiger charge is 2.34. The van der Waals surface area contributed by atoms with Crippen LogP contribution in [0.2, 0.25) is 0 Å². The van der Waals surface area contributed by atoms with Crippen molar-refractivity contribution in [3.05, 3.63) is 23.9 Å². The van der Waals surface area contributed by atoms with Crippen molar-refractivity contribution in [2.24, 2.45) is 11.7 Å². The van der Waals surface area contributed by atoms with Crippen molar-refractivity contribution in [2.75, 3.05) is 23.1 Å². The summed E-state index contributed by atoms with van der Waals surface area (Å²) in [6, 6.07) is 5.17. The van der Waals surface area contributed by atoms with Crippen molar-refractivity contribution < 1.29 is 8.42 Å². The zero-order valence-electron chi connectivity index (χ0n) is 10.1. The van der Waals surface area contributed by atoms with Gasteiger partial charge in [-0.2, -0.15) is 0 Å². The molecule has 2 heterocycles. The Balaban J connectivity index is 2.34. The van der Waals surface area contributed by atoms with Gasteiger partial charge in [0, 0.05) is 6.54 Å². The fraction of sp³-hybridized carbons (Fsp3) is 0.417. The molecule has 1 aromatic rings. The minimum absolute atomic E-state index is 0.121. The van der Waals surface area contributed by atoms with Gasteiger partial charge in [0.05, 0.1) is 12.3 Å². The van der Waals surface area contributed by atoms with E-state index in [2.05, 4.69) is 16.8 Å². The number of anilines is 1. The lowest BCUT2D eigenvalue weighted by Crippen LogP contribution is -2.26. The van der Waals surface area contributed by atoms with Gasteiger partial charge in [-0.25, -0.2) is 13.4 Å². The van der Waals surface area contributed by atoms with Gasteiger partial charge >= 0.3 is 0 Å². The van der Waals surface area contributed by atoms with E-state index in [4.69, 9.17) is 5.73 Å². The molecule has 0 aromatic carbocycles. The molecule has 5 nitrogen and oxygen atoms in total. The van der Waals surface area contributed by atoms with Crippen molar-refractivity contribution in [3.63, 3.8) is 0 Å². The van der Waals surface area contributed by atoms with Gasteiger partial charge in [0.15, 0.2) is 0 Å². The maximum absolute atomic E-state index is 11.9. The molecular weight excluding hydrogens is 250 g/mol. The van der Waals surface area contributed by atoms with E-state index in [1.54, 1.807) is 18.2 Å². The van der Waals surface area contributed by atoms with Crippen molar-refractivity contribution in [2.45, 2.75) is 6.92 Å². The number of aromatic nitrogens is 1. The Bertz CT molecular complexity index is 601. The first kappa shape index (κ1) is 12.9. The van der Waals surface area contributed by atoms with E-state index in [0.29, 0.717) is 18.1 Å². The van der Waals surface area contributed by atoms with Gasteiger partial charge in [-0.05, 0) is 24.0 Å². The summed E-state index contributed by atoms with van der Waals surface area (Å²) in [4.78, 5) is 4.24. The van der Waals surface area contributed by atoms with Gasteiger partial charge in [0.1, 0.15) is 11.5 Å². The Morgan fingerprint density at radius 1 is 1.56 bits per heavy atom. The molecule has 1 fully saturated rings. The summed E-state index contributed by atoms with van der Waals surface area (Å²) < 4.78 is 25.2. The monoisotopic (exact) mass is 265 g/mol. The lowest BCUT2D eigenvalue weighted by Gasteiger charge is -2.15. The zero-order valence-corrected chi connectivity index (χ0v) is 10.9. The summed E-state index contributed by atoms with van der Waals surface area (Å²) in [6.07, 6.45) is 0. The SMILES string of the molecule is CC1CN(c2cccc(C#CCN)n2)S(=O)(=O)C1. The highest BCUT2D eigenvalue weighted by Crippen LogP contribution is 2.25. The molecule has 1 aliphatic rings. The maximum atomic E-state index is 11.9. The van der Waals surface area contributed by atoms with Crippen LogP contribution in [0.15, 0.2) is 18.2 Å². The van der Waals surface area contributed by atoms with Crippen molar-refractivity contribution in [3.8, 4) is 11.8 Å². The van der Waals surface area contributed by atoms with Gasteiger partial charge in [-0.15, -0.1) is 0 Å². The molecule has 96 valence electrons. The Kier molecular flexibility index (Phi) is 3.55. The average molecular weight is 265 g/mol. The fourth-order valence-electron chi connectivity index (χ4n) is 1.91. The average Bonchev–Trinajstić information content (AvgIpc) is 2.60. The van der Waals surface area contributed by atoms with Gasteiger partial charge in [-0.1, -0.05) is 18.9 Å². The molecule has 0 saturated carbocycles. The number of pyridine rings is 1. The minimum atomic E-state index is -3.23. The summed E-state index contributed by atoms with van der Waals surface area (Å²) in [6.45, 7) is 2.64. The quantitative estimate of drug-likeness (QED) is 0.735. The Morgan fingerprint density at radius 2 is 2.33 bits per heavy atom. The summed E-state index contributed by atoms with van der Waals surface area (Å²) in [7, 11) is -3.23. The molecule has 0 spiro atoms. The summed E-state index contributed by atoms with van der Waals surface area (Å²) >= 11 is 0. The Labute approximate surface area is 107 Å². The third-order valence-corrected chi connectivity index (χ3v) is 4.61. The number of rotatable bonds is 1. The molecule has 2 rings (SSSR count). The number of sulfonamides is 1.